The van der Waals surface area contributed by atoms with Crippen molar-refractivity contribution in [2.45, 2.75) is 51.9 Å². The maximum absolute atomic E-state index is 12.1. The summed E-state index contributed by atoms with van der Waals surface area (Å²) in [6, 6.07) is 10.6. The van der Waals surface area contributed by atoms with Crippen molar-refractivity contribution in [3.05, 3.63) is 42.0 Å². The number of carbonyl (C=O) groups excluding carboxylic acids is 1. The van der Waals surface area contributed by atoms with E-state index in [1.165, 1.54) is 31.2 Å². The molecule has 3 rings (SSSR count). The van der Waals surface area contributed by atoms with Gasteiger partial charge >= 0.3 is 0 Å². The van der Waals surface area contributed by atoms with Gasteiger partial charge in [0.25, 0.3) is 0 Å². The van der Waals surface area contributed by atoms with Gasteiger partial charge in [-0.15, -0.1) is 0 Å². The van der Waals surface area contributed by atoms with E-state index < -0.39 is 0 Å². The summed E-state index contributed by atoms with van der Waals surface area (Å²) in [5, 5.41) is 0. The normalized spacial score (nSPS) is 31.3. The van der Waals surface area contributed by atoms with Crippen LogP contribution in [0.25, 0.3) is 6.08 Å². The third-order valence-corrected chi connectivity index (χ3v) is 5.86. The van der Waals surface area contributed by atoms with Crippen molar-refractivity contribution in [1.29, 1.82) is 0 Å². The first-order chi connectivity index (χ1) is 10.8. The zero-order valence-corrected chi connectivity index (χ0v) is 13.7. The van der Waals surface area contributed by atoms with Gasteiger partial charge in [-0.1, -0.05) is 68.7 Å². The van der Waals surface area contributed by atoms with Gasteiger partial charge in [-0.3, -0.25) is 4.79 Å². The molecule has 2 saturated carbocycles. The average molecular weight is 296 g/mol. The van der Waals surface area contributed by atoms with E-state index in [9.17, 15) is 4.79 Å². The summed E-state index contributed by atoms with van der Waals surface area (Å²) >= 11 is 0. The Balaban J connectivity index is 1.62. The van der Waals surface area contributed by atoms with Crippen molar-refractivity contribution >= 4 is 11.9 Å². The first-order valence-corrected chi connectivity index (χ1v) is 9.02. The van der Waals surface area contributed by atoms with E-state index in [1.54, 1.807) is 0 Å². The summed E-state index contributed by atoms with van der Waals surface area (Å²) in [7, 11) is 0. The number of carbonyl (C=O) groups is 1. The van der Waals surface area contributed by atoms with Crippen molar-refractivity contribution in [1.82, 2.24) is 0 Å². The molecule has 0 aromatic heterocycles. The van der Waals surface area contributed by atoms with Gasteiger partial charge in [0.15, 0.2) is 0 Å². The predicted molar refractivity (Wildman–Crippen MR) is 92.4 cm³/mol. The first kappa shape index (κ1) is 15.5. The van der Waals surface area contributed by atoms with E-state index in [0.717, 1.165) is 37.0 Å². The van der Waals surface area contributed by atoms with E-state index in [2.05, 4.69) is 42.5 Å². The predicted octanol–water partition coefficient (Wildman–Crippen LogP) is 5.51. The molecule has 118 valence electrons. The molecule has 1 heteroatoms. The van der Waals surface area contributed by atoms with Crippen LogP contribution in [0.5, 0.6) is 0 Å². The summed E-state index contributed by atoms with van der Waals surface area (Å²) in [5.74, 6) is 3.27. The van der Waals surface area contributed by atoms with Crippen LogP contribution in [0.1, 0.15) is 57.4 Å². The molecule has 2 atom stereocenters. The third kappa shape index (κ3) is 3.51. The van der Waals surface area contributed by atoms with E-state index in [1.807, 2.05) is 6.92 Å². The molecule has 0 saturated heterocycles. The molecular weight excluding hydrogens is 268 g/mol. The summed E-state index contributed by atoms with van der Waals surface area (Å²) in [4.78, 5) is 12.1. The topological polar surface area (TPSA) is 17.1 Å². The number of hydrogen-bond acceptors (Lipinski definition) is 1. The maximum Gasteiger partial charge on any atom is 0.135 e. The van der Waals surface area contributed by atoms with Gasteiger partial charge in [0.2, 0.25) is 0 Å². The van der Waals surface area contributed by atoms with Gasteiger partial charge in [-0.05, 0) is 42.6 Å². The van der Waals surface area contributed by atoms with E-state index >= 15 is 0 Å². The van der Waals surface area contributed by atoms with Gasteiger partial charge in [-0.25, -0.2) is 0 Å². The molecule has 0 spiro atoms. The average Bonchev–Trinajstić information content (AvgIpc) is 2.54. The Labute approximate surface area is 134 Å². The Morgan fingerprint density at radius 2 is 1.82 bits per heavy atom. The number of rotatable bonds is 5. The van der Waals surface area contributed by atoms with E-state index in [0.29, 0.717) is 11.7 Å². The molecule has 0 heterocycles. The largest absolute Gasteiger partial charge is 0.299 e. The highest BCUT2D eigenvalue weighted by molar-refractivity contribution is 5.80. The lowest BCUT2D eigenvalue weighted by molar-refractivity contribution is -0.126. The molecular formula is C21H28O. The van der Waals surface area contributed by atoms with Crippen LogP contribution in [-0.2, 0) is 4.79 Å². The Bertz CT molecular complexity index is 502. The van der Waals surface area contributed by atoms with Gasteiger partial charge in [-0.2, -0.15) is 0 Å². The summed E-state index contributed by atoms with van der Waals surface area (Å²) in [6.07, 6.45) is 12.9. The summed E-state index contributed by atoms with van der Waals surface area (Å²) in [5.41, 5.74) is 1.29. The van der Waals surface area contributed by atoms with Crippen molar-refractivity contribution in [3.63, 3.8) is 0 Å². The van der Waals surface area contributed by atoms with Crippen LogP contribution in [0.3, 0.4) is 0 Å². The van der Waals surface area contributed by atoms with Gasteiger partial charge in [0, 0.05) is 12.3 Å². The fraction of sp³-hybridized carbons (Fsp3) is 0.571. The molecule has 0 radical (unpaired) electrons. The second kappa shape index (κ2) is 7.26. The highest BCUT2D eigenvalue weighted by Crippen LogP contribution is 2.48. The molecule has 22 heavy (non-hydrogen) atoms. The zero-order valence-electron chi connectivity index (χ0n) is 13.7. The molecule has 0 N–H and O–H groups in total. The monoisotopic (exact) mass is 296 g/mol. The number of benzene rings is 1. The van der Waals surface area contributed by atoms with Crippen molar-refractivity contribution in [3.8, 4) is 0 Å². The molecule has 1 nitrogen and oxygen atoms in total. The number of fused-ring (bicyclic) bond motifs is 2. The Morgan fingerprint density at radius 1 is 1.14 bits per heavy atom. The number of Topliss-reactive ketones (excluding diaryl/α,β-unsaturated/α-hetero) is 1. The summed E-state index contributed by atoms with van der Waals surface area (Å²) < 4.78 is 0. The van der Waals surface area contributed by atoms with Crippen LogP contribution in [0.4, 0.5) is 0 Å². The quantitative estimate of drug-likeness (QED) is 0.700. The van der Waals surface area contributed by atoms with Crippen LogP contribution < -0.4 is 0 Å². The van der Waals surface area contributed by atoms with Crippen LogP contribution in [-0.4, -0.2) is 5.78 Å². The van der Waals surface area contributed by atoms with E-state index in [-0.39, 0.29) is 0 Å². The second-order valence-electron chi connectivity index (χ2n) is 7.15. The Hall–Kier alpha value is -1.37. The standard InChI is InChI=1S/C21H28O/c1-2-21(22)19-14-17-11-7-12-18(15-19)20(17)13-6-10-16-8-4-3-5-9-16/h3-6,8-10,17-20H,2,7,11-15H2,1H3/b10-6+. The van der Waals surface area contributed by atoms with E-state index in [4.69, 9.17) is 0 Å². The second-order valence-corrected chi connectivity index (χ2v) is 7.15. The minimum atomic E-state index is 0.370. The van der Waals surface area contributed by atoms with Crippen LogP contribution in [0, 0.1) is 23.7 Å². The highest BCUT2D eigenvalue weighted by atomic mass is 16.1. The molecule has 0 aliphatic heterocycles. The smallest absolute Gasteiger partial charge is 0.135 e. The van der Waals surface area contributed by atoms with Gasteiger partial charge in [0.05, 0.1) is 0 Å². The van der Waals surface area contributed by atoms with Gasteiger partial charge < -0.3 is 0 Å². The lowest BCUT2D eigenvalue weighted by Crippen LogP contribution is -2.38. The lowest BCUT2D eigenvalue weighted by atomic mass is 9.59. The minimum absolute atomic E-state index is 0.370. The maximum atomic E-state index is 12.1. The van der Waals surface area contributed by atoms with Gasteiger partial charge in [0.1, 0.15) is 5.78 Å². The molecule has 2 aliphatic carbocycles. The third-order valence-electron chi connectivity index (χ3n) is 5.86. The number of ketones is 1. The lowest BCUT2D eigenvalue weighted by Gasteiger charge is -2.45. The van der Waals surface area contributed by atoms with Crippen LogP contribution in [0.15, 0.2) is 36.4 Å². The zero-order chi connectivity index (χ0) is 15.4. The molecule has 2 bridgehead atoms. The Morgan fingerprint density at radius 3 is 2.45 bits per heavy atom. The van der Waals surface area contributed by atoms with Crippen LogP contribution in [0.2, 0.25) is 0 Å². The molecule has 2 fully saturated rings. The fourth-order valence-electron chi connectivity index (χ4n) is 4.73. The first-order valence-electron chi connectivity index (χ1n) is 9.02. The fourth-order valence-corrected chi connectivity index (χ4v) is 4.73. The Kier molecular flexibility index (Phi) is 5.12. The van der Waals surface area contributed by atoms with Crippen LogP contribution >= 0.6 is 0 Å². The molecule has 2 aliphatic rings. The molecule has 2 unspecified atom stereocenters. The van der Waals surface area contributed by atoms with Crippen molar-refractivity contribution in [2.75, 3.05) is 0 Å². The molecule has 1 aromatic carbocycles. The molecule has 1 aromatic rings. The number of allylic oxidation sites excluding steroid dienone is 1. The highest BCUT2D eigenvalue weighted by Gasteiger charge is 2.40. The van der Waals surface area contributed by atoms with Crippen molar-refractivity contribution < 1.29 is 4.79 Å². The summed E-state index contributed by atoms with van der Waals surface area (Å²) in [6.45, 7) is 2.02. The SMILES string of the molecule is CCC(=O)C1CC2CCCC(C1)C2C/C=C/c1ccccc1. The number of hydrogen-bond donors (Lipinski definition) is 0. The minimum Gasteiger partial charge on any atom is -0.299 e. The molecule has 0 amide bonds. The van der Waals surface area contributed by atoms with Crippen molar-refractivity contribution in [2.24, 2.45) is 23.7 Å².